The van der Waals surface area contributed by atoms with Crippen molar-refractivity contribution in [3.8, 4) is 0 Å². The summed E-state index contributed by atoms with van der Waals surface area (Å²) in [7, 11) is 1.78. The molecular formula is C12H26N2O. The van der Waals surface area contributed by atoms with E-state index in [1.807, 2.05) is 0 Å². The van der Waals surface area contributed by atoms with Gasteiger partial charge in [-0.2, -0.15) is 0 Å². The number of likely N-dealkylation sites (tertiary alicyclic amines) is 1. The summed E-state index contributed by atoms with van der Waals surface area (Å²) in [6.07, 6.45) is 5.57. The van der Waals surface area contributed by atoms with E-state index in [9.17, 15) is 0 Å². The highest BCUT2D eigenvalue weighted by Gasteiger charge is 2.09. The van der Waals surface area contributed by atoms with Crippen LogP contribution in [0.15, 0.2) is 0 Å². The van der Waals surface area contributed by atoms with Gasteiger partial charge in [0.2, 0.25) is 0 Å². The molecule has 1 atom stereocenters. The van der Waals surface area contributed by atoms with Crippen molar-refractivity contribution >= 4 is 0 Å². The van der Waals surface area contributed by atoms with Gasteiger partial charge in [-0.1, -0.05) is 0 Å². The van der Waals surface area contributed by atoms with Gasteiger partial charge >= 0.3 is 0 Å². The van der Waals surface area contributed by atoms with Gasteiger partial charge in [0.15, 0.2) is 0 Å². The van der Waals surface area contributed by atoms with Gasteiger partial charge in [0, 0.05) is 20.2 Å². The summed E-state index contributed by atoms with van der Waals surface area (Å²) in [5.41, 5.74) is 0. The lowest BCUT2D eigenvalue weighted by molar-refractivity contribution is 0.109. The summed E-state index contributed by atoms with van der Waals surface area (Å²) in [5, 5.41) is 3.49. The van der Waals surface area contributed by atoms with Crippen LogP contribution in [0.4, 0.5) is 0 Å². The average Bonchev–Trinajstić information content (AvgIpc) is 2.75. The molecule has 1 fully saturated rings. The van der Waals surface area contributed by atoms with Gasteiger partial charge in [-0.15, -0.1) is 0 Å². The molecule has 90 valence electrons. The molecule has 0 aromatic rings. The number of nitrogens with zero attached hydrogens (tertiary/aromatic N) is 1. The maximum Gasteiger partial charge on any atom is 0.0543 e. The smallest absolute Gasteiger partial charge is 0.0543 e. The van der Waals surface area contributed by atoms with Crippen LogP contribution in [0.25, 0.3) is 0 Å². The van der Waals surface area contributed by atoms with Gasteiger partial charge in [0.1, 0.15) is 0 Å². The van der Waals surface area contributed by atoms with E-state index >= 15 is 0 Å². The summed E-state index contributed by atoms with van der Waals surface area (Å²) < 4.78 is 5.20. The van der Waals surface area contributed by atoms with Crippen molar-refractivity contribution < 1.29 is 4.74 Å². The van der Waals surface area contributed by atoms with E-state index in [4.69, 9.17) is 4.74 Å². The first-order valence-corrected chi connectivity index (χ1v) is 6.29. The van der Waals surface area contributed by atoms with E-state index in [2.05, 4.69) is 17.1 Å². The largest absolute Gasteiger partial charge is 0.382 e. The zero-order valence-corrected chi connectivity index (χ0v) is 10.3. The van der Waals surface area contributed by atoms with Crippen LogP contribution in [0.5, 0.6) is 0 Å². The van der Waals surface area contributed by atoms with E-state index in [0.717, 1.165) is 19.5 Å². The third kappa shape index (κ3) is 6.13. The lowest BCUT2D eigenvalue weighted by Gasteiger charge is -2.15. The van der Waals surface area contributed by atoms with Crippen LogP contribution in [0.2, 0.25) is 0 Å². The van der Waals surface area contributed by atoms with E-state index in [-0.39, 0.29) is 0 Å². The van der Waals surface area contributed by atoms with Crippen molar-refractivity contribution in [1.82, 2.24) is 10.2 Å². The molecule has 0 spiro atoms. The Morgan fingerprint density at radius 3 is 2.67 bits per heavy atom. The number of hydrogen-bond donors (Lipinski definition) is 1. The summed E-state index contributed by atoms with van der Waals surface area (Å²) in [4.78, 5) is 2.55. The molecule has 0 saturated carbocycles. The van der Waals surface area contributed by atoms with Crippen LogP contribution < -0.4 is 5.32 Å². The predicted octanol–water partition coefficient (Wildman–Crippen LogP) is 1.49. The molecule has 3 heteroatoms. The van der Waals surface area contributed by atoms with Crippen LogP contribution in [0.3, 0.4) is 0 Å². The van der Waals surface area contributed by atoms with Crippen molar-refractivity contribution in [2.45, 2.75) is 38.7 Å². The van der Waals surface area contributed by atoms with Gasteiger partial charge in [-0.25, -0.2) is 0 Å². The topological polar surface area (TPSA) is 24.5 Å². The molecule has 1 rings (SSSR count). The Hall–Kier alpha value is -0.120. The van der Waals surface area contributed by atoms with E-state index in [1.54, 1.807) is 7.11 Å². The van der Waals surface area contributed by atoms with Gasteiger partial charge in [-0.05, 0) is 52.2 Å². The molecule has 1 saturated heterocycles. The van der Waals surface area contributed by atoms with Crippen molar-refractivity contribution in [1.29, 1.82) is 0 Å². The molecule has 1 aliphatic heterocycles. The second-order valence-corrected chi connectivity index (χ2v) is 4.49. The minimum Gasteiger partial charge on any atom is -0.382 e. The fraction of sp³-hybridized carbons (Fsp3) is 1.00. The average molecular weight is 214 g/mol. The minimum absolute atomic E-state index is 0.408. The maximum absolute atomic E-state index is 5.20. The molecule has 1 aliphatic rings. The Labute approximate surface area is 94.2 Å². The first kappa shape index (κ1) is 12.9. The third-order valence-electron chi connectivity index (χ3n) is 3.17. The molecular weight excluding hydrogens is 188 g/mol. The van der Waals surface area contributed by atoms with Gasteiger partial charge in [-0.3, -0.25) is 0 Å². The molecule has 0 radical (unpaired) electrons. The van der Waals surface area contributed by atoms with E-state index in [0.29, 0.717) is 6.10 Å². The standard InChI is InChI=1S/C12H26N2O/c1-12(15-2)6-5-7-13-8-11-14-9-3-4-10-14/h12-13H,3-11H2,1-2H3. The van der Waals surface area contributed by atoms with Crippen LogP contribution in [-0.2, 0) is 4.74 Å². The van der Waals surface area contributed by atoms with Crippen LogP contribution in [0, 0.1) is 0 Å². The van der Waals surface area contributed by atoms with Crippen molar-refractivity contribution in [2.75, 3.05) is 39.8 Å². The monoisotopic (exact) mass is 214 g/mol. The number of nitrogens with one attached hydrogen (secondary N) is 1. The Bertz CT molecular complexity index is 147. The molecule has 0 aliphatic carbocycles. The van der Waals surface area contributed by atoms with Gasteiger partial charge < -0.3 is 15.0 Å². The number of hydrogen-bond acceptors (Lipinski definition) is 3. The lowest BCUT2D eigenvalue weighted by atomic mass is 10.2. The van der Waals surface area contributed by atoms with E-state index in [1.165, 1.54) is 38.9 Å². The first-order valence-electron chi connectivity index (χ1n) is 6.29. The molecule has 1 unspecified atom stereocenters. The second kappa shape index (κ2) is 8.08. The summed E-state index contributed by atoms with van der Waals surface area (Å²) in [6, 6.07) is 0. The fourth-order valence-corrected chi connectivity index (χ4v) is 2.00. The Morgan fingerprint density at radius 2 is 2.00 bits per heavy atom. The Kier molecular flexibility index (Phi) is 6.98. The molecule has 1 N–H and O–H groups in total. The summed E-state index contributed by atoms with van der Waals surface area (Å²) in [5.74, 6) is 0. The molecule has 0 aromatic carbocycles. The van der Waals surface area contributed by atoms with Crippen LogP contribution in [-0.4, -0.2) is 50.8 Å². The minimum atomic E-state index is 0.408. The Balaban J connectivity index is 1.80. The number of methoxy groups -OCH3 is 1. The maximum atomic E-state index is 5.20. The van der Waals surface area contributed by atoms with Crippen molar-refractivity contribution in [2.24, 2.45) is 0 Å². The lowest BCUT2D eigenvalue weighted by Crippen LogP contribution is -2.30. The molecule has 0 aromatic heterocycles. The quantitative estimate of drug-likeness (QED) is 0.620. The first-order chi connectivity index (χ1) is 7.33. The van der Waals surface area contributed by atoms with Crippen molar-refractivity contribution in [3.63, 3.8) is 0 Å². The van der Waals surface area contributed by atoms with Gasteiger partial charge in [0.25, 0.3) is 0 Å². The molecule has 15 heavy (non-hydrogen) atoms. The number of ether oxygens (including phenoxy) is 1. The Morgan fingerprint density at radius 1 is 1.27 bits per heavy atom. The van der Waals surface area contributed by atoms with Crippen LogP contribution in [0.1, 0.15) is 32.6 Å². The summed E-state index contributed by atoms with van der Waals surface area (Å²) >= 11 is 0. The predicted molar refractivity (Wildman–Crippen MR) is 64.2 cm³/mol. The zero-order valence-electron chi connectivity index (χ0n) is 10.3. The van der Waals surface area contributed by atoms with Crippen LogP contribution >= 0.6 is 0 Å². The second-order valence-electron chi connectivity index (χ2n) is 4.49. The molecule has 1 heterocycles. The highest BCUT2D eigenvalue weighted by molar-refractivity contribution is 4.66. The molecule has 0 amide bonds. The summed E-state index contributed by atoms with van der Waals surface area (Å²) in [6.45, 7) is 8.23. The fourth-order valence-electron chi connectivity index (χ4n) is 2.00. The SMILES string of the molecule is COC(C)CCCNCCN1CCCC1. The highest BCUT2D eigenvalue weighted by atomic mass is 16.5. The highest BCUT2D eigenvalue weighted by Crippen LogP contribution is 2.05. The van der Waals surface area contributed by atoms with Crippen molar-refractivity contribution in [3.05, 3.63) is 0 Å². The van der Waals surface area contributed by atoms with Gasteiger partial charge in [0.05, 0.1) is 6.10 Å². The normalized spacial score (nSPS) is 19.6. The zero-order chi connectivity index (χ0) is 10.9. The molecule has 0 bridgehead atoms. The number of rotatable bonds is 8. The third-order valence-corrected chi connectivity index (χ3v) is 3.17. The van der Waals surface area contributed by atoms with E-state index < -0.39 is 0 Å². The molecule has 3 nitrogen and oxygen atoms in total.